The number of rotatable bonds is 3. The first-order valence-electron chi connectivity index (χ1n) is 7.80. The second-order valence-corrected chi connectivity index (χ2v) is 6.71. The highest BCUT2D eigenvalue weighted by Crippen LogP contribution is 2.21. The van der Waals surface area contributed by atoms with Crippen LogP contribution < -0.4 is 10.6 Å². The average Bonchev–Trinajstić information content (AvgIpc) is 3.17. The van der Waals surface area contributed by atoms with Crippen LogP contribution in [0.1, 0.15) is 18.5 Å². The van der Waals surface area contributed by atoms with Gasteiger partial charge in [-0.3, -0.25) is 14.8 Å². The van der Waals surface area contributed by atoms with Gasteiger partial charge in [-0.2, -0.15) is 5.10 Å². The van der Waals surface area contributed by atoms with Crippen molar-refractivity contribution in [3.63, 3.8) is 0 Å². The minimum atomic E-state index is -0.156. The lowest BCUT2D eigenvalue weighted by molar-refractivity contribution is -0.121. The molecule has 1 saturated heterocycles. The van der Waals surface area contributed by atoms with Gasteiger partial charge in [0.1, 0.15) is 5.82 Å². The monoisotopic (exact) mass is 348 g/mol. The van der Waals surface area contributed by atoms with Gasteiger partial charge in [0.2, 0.25) is 5.91 Å². The topological polar surface area (TPSA) is 92.2 Å². The van der Waals surface area contributed by atoms with Crippen molar-refractivity contribution in [2.45, 2.75) is 19.8 Å². The number of nitrogens with zero attached hydrogens (tertiary/aromatic N) is 4. The van der Waals surface area contributed by atoms with Crippen molar-refractivity contribution in [2.75, 3.05) is 23.7 Å². The molecule has 24 heavy (non-hydrogen) atoms. The SMILES string of the molecule is Cc1cc(NC(=O)N2CCC(C(=O)Nc3nccs3)CC2)n(C)n1. The Morgan fingerprint density at radius 3 is 2.62 bits per heavy atom. The Hall–Kier alpha value is -2.42. The lowest BCUT2D eigenvalue weighted by Gasteiger charge is -2.31. The van der Waals surface area contributed by atoms with Gasteiger partial charge in [0.15, 0.2) is 5.13 Å². The third kappa shape index (κ3) is 3.73. The molecule has 0 saturated carbocycles. The lowest BCUT2D eigenvalue weighted by atomic mass is 9.96. The molecule has 8 nitrogen and oxygen atoms in total. The molecular formula is C15H20N6O2S. The van der Waals surface area contributed by atoms with Gasteiger partial charge < -0.3 is 10.2 Å². The number of nitrogens with one attached hydrogen (secondary N) is 2. The first kappa shape index (κ1) is 16.4. The number of hydrogen-bond donors (Lipinski definition) is 2. The Morgan fingerprint density at radius 1 is 1.29 bits per heavy atom. The molecular weight excluding hydrogens is 328 g/mol. The summed E-state index contributed by atoms with van der Waals surface area (Å²) in [7, 11) is 1.79. The molecule has 0 radical (unpaired) electrons. The second kappa shape index (κ2) is 7.00. The summed E-state index contributed by atoms with van der Waals surface area (Å²) in [5, 5.41) is 12.3. The summed E-state index contributed by atoms with van der Waals surface area (Å²) in [5.74, 6) is 0.560. The second-order valence-electron chi connectivity index (χ2n) is 5.81. The molecule has 1 aliphatic heterocycles. The van der Waals surface area contributed by atoms with Gasteiger partial charge in [-0.1, -0.05) is 0 Å². The predicted molar refractivity (Wildman–Crippen MR) is 92.0 cm³/mol. The third-order valence-corrected chi connectivity index (χ3v) is 4.74. The molecule has 2 aromatic rings. The van der Waals surface area contributed by atoms with Crippen molar-refractivity contribution in [3.8, 4) is 0 Å². The molecule has 3 heterocycles. The first-order chi connectivity index (χ1) is 11.5. The molecule has 3 rings (SSSR count). The molecule has 2 aromatic heterocycles. The highest BCUT2D eigenvalue weighted by Gasteiger charge is 2.28. The minimum absolute atomic E-state index is 0.0210. The van der Waals surface area contributed by atoms with E-state index < -0.39 is 0 Å². The van der Waals surface area contributed by atoms with E-state index >= 15 is 0 Å². The summed E-state index contributed by atoms with van der Waals surface area (Å²) < 4.78 is 1.64. The van der Waals surface area contributed by atoms with Gasteiger partial charge in [0, 0.05) is 43.7 Å². The quantitative estimate of drug-likeness (QED) is 0.888. The van der Waals surface area contributed by atoms with Crippen molar-refractivity contribution >= 4 is 34.2 Å². The molecule has 3 amide bonds. The molecule has 0 aliphatic carbocycles. The van der Waals surface area contributed by atoms with Gasteiger partial charge in [-0.05, 0) is 19.8 Å². The zero-order chi connectivity index (χ0) is 17.1. The molecule has 0 atom stereocenters. The highest BCUT2D eigenvalue weighted by atomic mass is 32.1. The van der Waals surface area contributed by atoms with Crippen LogP contribution in [0.3, 0.4) is 0 Å². The highest BCUT2D eigenvalue weighted by molar-refractivity contribution is 7.13. The van der Waals surface area contributed by atoms with E-state index in [-0.39, 0.29) is 17.9 Å². The van der Waals surface area contributed by atoms with Crippen LogP contribution in [-0.4, -0.2) is 44.7 Å². The zero-order valence-corrected chi connectivity index (χ0v) is 14.5. The Labute approximate surface area is 143 Å². The normalized spacial score (nSPS) is 15.3. The number of carbonyl (C=O) groups is 2. The third-order valence-electron chi connectivity index (χ3n) is 4.05. The van der Waals surface area contributed by atoms with Gasteiger partial charge >= 0.3 is 6.03 Å². The molecule has 0 unspecified atom stereocenters. The number of anilines is 2. The number of amides is 3. The summed E-state index contributed by atoms with van der Waals surface area (Å²) in [6.07, 6.45) is 2.96. The van der Waals surface area contributed by atoms with E-state index in [0.717, 1.165) is 5.69 Å². The van der Waals surface area contributed by atoms with E-state index in [0.29, 0.717) is 36.9 Å². The fourth-order valence-electron chi connectivity index (χ4n) is 2.75. The van der Waals surface area contributed by atoms with Crippen molar-refractivity contribution < 1.29 is 9.59 Å². The smallest absolute Gasteiger partial charge is 0.322 e. The Balaban J connectivity index is 1.50. The maximum atomic E-state index is 12.3. The molecule has 1 aliphatic rings. The average molecular weight is 348 g/mol. The molecule has 0 bridgehead atoms. The number of hydrogen-bond acceptors (Lipinski definition) is 5. The van der Waals surface area contributed by atoms with Crippen molar-refractivity contribution in [2.24, 2.45) is 13.0 Å². The van der Waals surface area contributed by atoms with Gasteiger partial charge in [0.05, 0.1) is 5.69 Å². The molecule has 0 spiro atoms. The summed E-state index contributed by atoms with van der Waals surface area (Å²) in [6, 6.07) is 1.67. The van der Waals surface area contributed by atoms with Crippen LogP contribution in [0, 0.1) is 12.8 Å². The van der Waals surface area contributed by atoms with Crippen LogP contribution in [0.15, 0.2) is 17.6 Å². The predicted octanol–water partition coefficient (Wildman–Crippen LogP) is 2.07. The van der Waals surface area contributed by atoms with Crippen LogP contribution >= 0.6 is 11.3 Å². The summed E-state index contributed by atoms with van der Waals surface area (Å²) in [4.78, 5) is 30.3. The van der Waals surface area contributed by atoms with Crippen LogP contribution in [0.25, 0.3) is 0 Å². The maximum absolute atomic E-state index is 12.3. The van der Waals surface area contributed by atoms with Crippen LogP contribution in [0.2, 0.25) is 0 Å². The van der Waals surface area contributed by atoms with Crippen molar-refractivity contribution in [3.05, 3.63) is 23.3 Å². The number of urea groups is 1. The Morgan fingerprint density at radius 2 is 2.04 bits per heavy atom. The standard InChI is InChI=1S/C15H20N6O2S/c1-10-9-12(20(2)19-10)17-15(23)21-6-3-11(4-7-21)13(22)18-14-16-5-8-24-14/h5,8-9,11H,3-4,6-7H2,1-2H3,(H,17,23)(H,16,18,22). The largest absolute Gasteiger partial charge is 0.324 e. The summed E-state index contributed by atoms with van der Waals surface area (Å²) in [6.45, 7) is 2.99. The zero-order valence-electron chi connectivity index (χ0n) is 13.7. The minimum Gasteiger partial charge on any atom is -0.324 e. The maximum Gasteiger partial charge on any atom is 0.322 e. The van der Waals surface area contributed by atoms with Crippen molar-refractivity contribution in [1.82, 2.24) is 19.7 Å². The Bertz CT molecular complexity index is 718. The fraction of sp³-hybridized carbons (Fsp3) is 0.467. The Kier molecular flexibility index (Phi) is 4.79. The number of aromatic nitrogens is 3. The summed E-state index contributed by atoms with van der Waals surface area (Å²) >= 11 is 1.40. The fourth-order valence-corrected chi connectivity index (χ4v) is 3.29. The lowest BCUT2D eigenvalue weighted by Crippen LogP contribution is -2.43. The van der Waals surface area contributed by atoms with Gasteiger partial charge in [-0.25, -0.2) is 9.78 Å². The van der Waals surface area contributed by atoms with Crippen LogP contribution in [0.4, 0.5) is 15.7 Å². The number of aryl methyl sites for hydroxylation is 2. The van der Waals surface area contributed by atoms with E-state index in [4.69, 9.17) is 0 Å². The van der Waals surface area contributed by atoms with E-state index in [9.17, 15) is 9.59 Å². The number of likely N-dealkylation sites (tertiary alicyclic amines) is 1. The van der Waals surface area contributed by atoms with Crippen molar-refractivity contribution in [1.29, 1.82) is 0 Å². The molecule has 1 fully saturated rings. The first-order valence-corrected chi connectivity index (χ1v) is 8.68. The molecule has 0 aromatic carbocycles. The van der Waals surface area contributed by atoms with E-state index in [1.165, 1.54) is 11.3 Å². The van der Waals surface area contributed by atoms with Gasteiger partial charge in [0.25, 0.3) is 0 Å². The van der Waals surface area contributed by atoms with E-state index in [1.807, 2.05) is 18.4 Å². The number of thiazole rings is 1. The number of carbonyl (C=O) groups excluding carboxylic acids is 2. The van der Waals surface area contributed by atoms with E-state index in [2.05, 4.69) is 20.7 Å². The van der Waals surface area contributed by atoms with E-state index in [1.54, 1.807) is 22.8 Å². The van der Waals surface area contributed by atoms with Crippen LogP contribution in [-0.2, 0) is 11.8 Å². The molecule has 9 heteroatoms. The number of piperidine rings is 1. The molecule has 2 N–H and O–H groups in total. The molecule has 128 valence electrons. The van der Waals surface area contributed by atoms with Crippen LogP contribution in [0.5, 0.6) is 0 Å². The summed E-state index contributed by atoms with van der Waals surface area (Å²) in [5.41, 5.74) is 0.852. The van der Waals surface area contributed by atoms with Gasteiger partial charge in [-0.15, -0.1) is 11.3 Å².